The summed E-state index contributed by atoms with van der Waals surface area (Å²) in [4.78, 5) is 18.1. The lowest BCUT2D eigenvalue weighted by Gasteiger charge is -2.12. The maximum absolute atomic E-state index is 10.7. The number of pyridine rings is 1. The first-order valence-electron chi connectivity index (χ1n) is 9.01. The van der Waals surface area contributed by atoms with E-state index >= 15 is 0 Å². The fraction of sp³-hybridized carbons (Fsp3) is 0.182. The number of aromatic nitrogens is 4. The molecule has 0 aliphatic rings. The summed E-state index contributed by atoms with van der Waals surface area (Å²) in [5, 5.41) is 11.6. The Bertz CT molecular complexity index is 1290. The first-order chi connectivity index (χ1) is 13.8. The van der Waals surface area contributed by atoms with Crippen molar-refractivity contribution in [2.45, 2.75) is 26.4 Å². The van der Waals surface area contributed by atoms with E-state index in [1.165, 1.54) is 11.3 Å². The van der Waals surface area contributed by atoms with Crippen molar-refractivity contribution >= 4 is 41.7 Å². The lowest BCUT2D eigenvalue weighted by atomic mass is 10.0. The van der Waals surface area contributed by atoms with E-state index in [9.17, 15) is 5.11 Å². The van der Waals surface area contributed by atoms with Gasteiger partial charge in [0.2, 0.25) is 0 Å². The van der Waals surface area contributed by atoms with Crippen LogP contribution in [0.5, 0.6) is 0 Å². The smallest absolute Gasteiger partial charge is 0.159 e. The average molecular weight is 436 g/mol. The van der Waals surface area contributed by atoms with Crippen molar-refractivity contribution in [1.82, 2.24) is 19.9 Å². The first-order valence-corrected chi connectivity index (χ1v) is 9.83. The van der Waals surface area contributed by atoms with Crippen LogP contribution >= 0.6 is 24.8 Å². The van der Waals surface area contributed by atoms with E-state index in [0.717, 1.165) is 26.7 Å². The molecule has 8 heteroatoms. The van der Waals surface area contributed by atoms with Crippen molar-refractivity contribution in [2.75, 3.05) is 5.73 Å². The molecule has 0 radical (unpaired) electrons. The number of hydrogen-bond donors (Lipinski definition) is 2. The summed E-state index contributed by atoms with van der Waals surface area (Å²) < 4.78 is 0. The molecule has 4 aromatic rings. The van der Waals surface area contributed by atoms with E-state index in [0.29, 0.717) is 22.7 Å². The second-order valence-corrected chi connectivity index (χ2v) is 8.10. The maximum Gasteiger partial charge on any atom is 0.159 e. The summed E-state index contributed by atoms with van der Waals surface area (Å²) in [5.74, 6) is 6.98. The number of hydrogen-bond acceptors (Lipinski definition) is 7. The molecule has 0 fully saturated rings. The van der Waals surface area contributed by atoms with Gasteiger partial charge in [0.05, 0.1) is 21.1 Å². The maximum atomic E-state index is 10.7. The van der Waals surface area contributed by atoms with E-state index in [4.69, 9.17) is 5.73 Å². The number of rotatable bonds is 2. The minimum absolute atomic E-state index is 0. The Hall–Kier alpha value is -2.99. The Balaban J connectivity index is 0.00000256. The summed E-state index contributed by atoms with van der Waals surface area (Å²) in [6.45, 7) is 5.37. The van der Waals surface area contributed by atoms with E-state index in [1.54, 1.807) is 20.0 Å². The Morgan fingerprint density at radius 1 is 1.10 bits per heavy atom. The average Bonchev–Trinajstić information content (AvgIpc) is 3.14. The highest BCUT2D eigenvalue weighted by Crippen LogP contribution is 2.26. The molecule has 1 atom stereocenters. The molecule has 0 aliphatic heterocycles. The van der Waals surface area contributed by atoms with Crippen LogP contribution in [0.1, 0.15) is 28.2 Å². The standard InChI is InChI=1S/C22H19N5OS.H2S/c1-13-25-18-8-7-17(27-20(18)21(23)26-13)16-6-4-5-15(11-16)9-10-22(3,28)19-12-24-14(2)29-19;/h4-8,11-12,28H,1-3H3,(H2,23,25,26);1H2/t22-;/m0./s1. The van der Waals surface area contributed by atoms with Crippen LogP contribution in [0, 0.1) is 25.7 Å². The minimum atomic E-state index is -1.26. The van der Waals surface area contributed by atoms with Gasteiger partial charge in [0, 0.05) is 17.3 Å². The van der Waals surface area contributed by atoms with Gasteiger partial charge in [-0.1, -0.05) is 24.0 Å². The molecule has 152 valence electrons. The van der Waals surface area contributed by atoms with Crippen molar-refractivity contribution in [3.8, 4) is 23.1 Å². The predicted octanol–water partition coefficient (Wildman–Crippen LogP) is 3.72. The zero-order chi connectivity index (χ0) is 20.6. The Labute approximate surface area is 185 Å². The second-order valence-electron chi connectivity index (χ2n) is 6.87. The minimum Gasteiger partial charge on any atom is -0.382 e. The molecule has 3 heterocycles. The molecule has 4 rings (SSSR count). The van der Waals surface area contributed by atoms with Crippen LogP contribution in [-0.2, 0) is 5.60 Å². The van der Waals surface area contributed by atoms with Crippen molar-refractivity contribution < 1.29 is 5.11 Å². The van der Waals surface area contributed by atoms with Crippen LogP contribution in [-0.4, -0.2) is 25.0 Å². The number of aliphatic hydroxyl groups is 1. The highest BCUT2D eigenvalue weighted by molar-refractivity contribution is 7.59. The van der Waals surface area contributed by atoms with Crippen molar-refractivity contribution in [2.24, 2.45) is 0 Å². The summed E-state index contributed by atoms with van der Waals surface area (Å²) in [5.41, 5.74) is 8.48. The van der Waals surface area contributed by atoms with Gasteiger partial charge in [-0.25, -0.2) is 19.9 Å². The molecule has 0 saturated carbocycles. The Morgan fingerprint density at radius 3 is 2.63 bits per heavy atom. The van der Waals surface area contributed by atoms with Gasteiger partial charge in [-0.2, -0.15) is 13.5 Å². The molecule has 1 aromatic carbocycles. The molecule has 0 amide bonds. The number of fused-ring (bicyclic) bond motifs is 1. The molecule has 0 spiro atoms. The van der Waals surface area contributed by atoms with E-state index in [1.807, 2.05) is 43.3 Å². The van der Waals surface area contributed by atoms with Crippen LogP contribution in [0.2, 0.25) is 0 Å². The summed E-state index contributed by atoms with van der Waals surface area (Å²) in [6, 6.07) is 11.5. The number of nitrogens with two attached hydrogens (primary N) is 1. The van der Waals surface area contributed by atoms with E-state index in [-0.39, 0.29) is 13.5 Å². The number of aryl methyl sites for hydroxylation is 2. The Kier molecular flexibility index (Phi) is 6.08. The zero-order valence-corrected chi connectivity index (χ0v) is 18.6. The van der Waals surface area contributed by atoms with Crippen LogP contribution < -0.4 is 5.73 Å². The monoisotopic (exact) mass is 435 g/mol. The number of nitrogens with zero attached hydrogens (tertiary/aromatic N) is 4. The largest absolute Gasteiger partial charge is 0.382 e. The predicted molar refractivity (Wildman–Crippen MR) is 126 cm³/mol. The second kappa shape index (κ2) is 8.40. The van der Waals surface area contributed by atoms with E-state index in [2.05, 4.69) is 31.8 Å². The lowest BCUT2D eigenvalue weighted by molar-refractivity contribution is 0.126. The SMILES string of the molecule is Cc1nc(N)c2nc(-c3cccc(C#C[C@](C)(O)c4cnc(C)s4)c3)ccc2n1.S. The topological polar surface area (TPSA) is 97.8 Å². The summed E-state index contributed by atoms with van der Waals surface area (Å²) in [7, 11) is 0. The fourth-order valence-corrected chi connectivity index (χ4v) is 3.69. The van der Waals surface area contributed by atoms with Gasteiger partial charge in [0.1, 0.15) is 11.3 Å². The molecule has 0 unspecified atom stereocenters. The van der Waals surface area contributed by atoms with Gasteiger partial charge in [-0.15, -0.1) is 11.3 Å². The van der Waals surface area contributed by atoms with Crippen molar-refractivity contribution in [1.29, 1.82) is 0 Å². The highest BCUT2D eigenvalue weighted by Gasteiger charge is 2.22. The van der Waals surface area contributed by atoms with Crippen LogP contribution in [0.4, 0.5) is 5.82 Å². The van der Waals surface area contributed by atoms with Gasteiger partial charge in [-0.05, 0) is 45.0 Å². The molecular weight excluding hydrogens is 414 g/mol. The molecule has 0 bridgehead atoms. The quantitative estimate of drug-likeness (QED) is 0.466. The van der Waals surface area contributed by atoms with E-state index < -0.39 is 5.60 Å². The van der Waals surface area contributed by atoms with Gasteiger partial charge < -0.3 is 10.8 Å². The molecular formula is C22H21N5OS2. The van der Waals surface area contributed by atoms with Crippen LogP contribution in [0.3, 0.4) is 0 Å². The molecule has 3 N–H and O–H groups in total. The molecule has 0 saturated heterocycles. The molecule has 6 nitrogen and oxygen atoms in total. The van der Waals surface area contributed by atoms with Crippen molar-refractivity contribution in [3.05, 3.63) is 63.9 Å². The zero-order valence-electron chi connectivity index (χ0n) is 16.8. The van der Waals surface area contributed by atoms with Crippen LogP contribution in [0.15, 0.2) is 42.6 Å². The third kappa shape index (κ3) is 4.44. The number of nitrogen functional groups attached to an aromatic ring is 1. The van der Waals surface area contributed by atoms with Gasteiger partial charge in [0.25, 0.3) is 0 Å². The van der Waals surface area contributed by atoms with Gasteiger partial charge in [0.15, 0.2) is 11.4 Å². The third-order valence-corrected chi connectivity index (χ3v) is 5.51. The summed E-state index contributed by atoms with van der Waals surface area (Å²) in [6.07, 6.45) is 1.66. The normalized spacial score (nSPS) is 12.5. The van der Waals surface area contributed by atoms with Gasteiger partial charge >= 0.3 is 0 Å². The Morgan fingerprint density at radius 2 is 1.90 bits per heavy atom. The highest BCUT2D eigenvalue weighted by atomic mass is 32.1. The first kappa shape index (κ1) is 21.7. The lowest BCUT2D eigenvalue weighted by Crippen LogP contribution is -2.16. The number of benzene rings is 1. The summed E-state index contributed by atoms with van der Waals surface area (Å²) >= 11 is 1.44. The molecule has 30 heavy (non-hydrogen) atoms. The third-order valence-electron chi connectivity index (χ3n) is 4.39. The molecule has 3 aromatic heterocycles. The fourth-order valence-electron chi connectivity index (χ4n) is 2.92. The number of anilines is 1. The van der Waals surface area contributed by atoms with Crippen molar-refractivity contribution in [3.63, 3.8) is 0 Å². The number of thiazole rings is 1. The molecule has 0 aliphatic carbocycles. The van der Waals surface area contributed by atoms with Gasteiger partial charge in [-0.3, -0.25) is 0 Å². The van der Waals surface area contributed by atoms with Crippen LogP contribution in [0.25, 0.3) is 22.3 Å².